The summed E-state index contributed by atoms with van der Waals surface area (Å²) in [6.07, 6.45) is 0. The average Bonchev–Trinajstić information content (AvgIpc) is 2.33. The number of halogens is 3. The van der Waals surface area contributed by atoms with Crippen molar-refractivity contribution in [3.63, 3.8) is 0 Å². The van der Waals surface area contributed by atoms with Crippen LogP contribution in [0.15, 0.2) is 34.8 Å². The van der Waals surface area contributed by atoms with Gasteiger partial charge in [0.2, 0.25) is 6.49 Å². The fourth-order valence-electron chi connectivity index (χ4n) is 1.96. The van der Waals surface area contributed by atoms with Gasteiger partial charge in [0.25, 0.3) is 0 Å². The van der Waals surface area contributed by atoms with E-state index in [0.717, 1.165) is 5.56 Å². The Morgan fingerprint density at radius 1 is 1.15 bits per heavy atom. The molecule has 0 aliphatic heterocycles. The van der Waals surface area contributed by atoms with Crippen LogP contribution in [0.2, 0.25) is 10.0 Å². The first-order valence-corrected chi connectivity index (χ1v) is 9.78. The van der Waals surface area contributed by atoms with E-state index in [1.54, 1.807) is 24.3 Å². The van der Waals surface area contributed by atoms with Crippen LogP contribution in [-0.4, -0.2) is 9.79 Å². The highest BCUT2D eigenvalue weighted by Crippen LogP contribution is 2.42. The molecule has 0 bridgehead atoms. The zero-order valence-electron chi connectivity index (χ0n) is 10.3. The van der Waals surface area contributed by atoms with Crippen molar-refractivity contribution in [1.82, 2.24) is 0 Å². The Kier molecular flexibility index (Phi) is 4.98. The second-order valence-electron chi connectivity index (χ2n) is 4.26. The number of rotatable bonds is 2. The van der Waals surface area contributed by atoms with Gasteiger partial charge in [-0.15, -0.1) is 0 Å². The fraction of sp³-hybridized carbons (Fsp3) is 0.0769. The Balaban J connectivity index is 2.83. The summed E-state index contributed by atoms with van der Waals surface area (Å²) in [5, 5.41) is 1.26. The summed E-state index contributed by atoms with van der Waals surface area (Å²) >= 11 is 20.5. The Labute approximate surface area is 140 Å². The molecule has 106 valence electrons. The van der Waals surface area contributed by atoms with Crippen molar-refractivity contribution >= 4 is 62.7 Å². The van der Waals surface area contributed by atoms with Crippen molar-refractivity contribution < 1.29 is 9.79 Å². The molecule has 0 fully saturated rings. The molecule has 0 aliphatic carbocycles. The third-order valence-corrected chi connectivity index (χ3v) is 5.94. The summed E-state index contributed by atoms with van der Waals surface area (Å²) in [7, 11) is 0. The minimum atomic E-state index is -3.58. The topological polar surface area (TPSA) is 40.5 Å². The van der Waals surface area contributed by atoms with E-state index in [-0.39, 0.29) is 0 Å². The molecule has 0 spiro atoms. The Bertz CT molecular complexity index is 731. The molecule has 0 amide bonds. The van der Waals surface area contributed by atoms with Gasteiger partial charge in [0.1, 0.15) is 0 Å². The maximum atomic E-state index is 9.87. The number of aryl methyl sites for hydroxylation is 1. The van der Waals surface area contributed by atoms with E-state index in [0.29, 0.717) is 30.9 Å². The van der Waals surface area contributed by atoms with Gasteiger partial charge in [0.15, 0.2) is 0 Å². The first-order chi connectivity index (χ1) is 9.21. The zero-order valence-corrected chi connectivity index (χ0v) is 15.1. The van der Waals surface area contributed by atoms with Crippen molar-refractivity contribution in [3.05, 3.63) is 50.4 Å². The predicted octanol–water partition coefficient (Wildman–Crippen LogP) is 4.65. The molecular weight excluding hydrogens is 402 g/mol. The Hall–Kier alpha value is 0.0700. The maximum absolute atomic E-state index is 9.87. The summed E-state index contributed by atoms with van der Waals surface area (Å²) in [6.45, 7) is -1.72. The third-order valence-electron chi connectivity index (χ3n) is 2.84. The molecule has 0 saturated carbocycles. The molecule has 2 rings (SSSR count). The number of hydrogen-bond acceptors (Lipinski definition) is 1. The molecule has 0 atom stereocenters. The van der Waals surface area contributed by atoms with Crippen molar-refractivity contribution in [2.24, 2.45) is 0 Å². The largest absolute Gasteiger partial charge is 0.342 e. The van der Waals surface area contributed by atoms with Crippen molar-refractivity contribution in [2.45, 2.75) is 6.92 Å². The second-order valence-corrected chi connectivity index (χ2v) is 9.03. The van der Waals surface area contributed by atoms with Gasteiger partial charge in [0.05, 0.1) is 5.02 Å². The molecule has 0 aromatic heterocycles. The molecule has 2 nitrogen and oxygen atoms in total. The van der Waals surface area contributed by atoms with E-state index in [4.69, 9.17) is 35.0 Å². The minimum absolute atomic E-state index is 0.313. The van der Waals surface area contributed by atoms with Crippen molar-refractivity contribution in [2.75, 3.05) is 0 Å². The quantitative estimate of drug-likeness (QED) is 0.558. The second kappa shape index (κ2) is 6.05. The van der Waals surface area contributed by atoms with Crippen molar-refractivity contribution in [1.29, 1.82) is 0 Å². The van der Waals surface area contributed by atoms with Gasteiger partial charge in [0, 0.05) is 20.4 Å². The summed E-state index contributed by atoms with van der Waals surface area (Å²) in [5.41, 5.74) is 2.10. The first-order valence-electron chi connectivity index (χ1n) is 5.52. The smallest absolute Gasteiger partial charge is 0.214 e. The zero-order chi connectivity index (χ0) is 15.1. The molecule has 0 aliphatic rings. The molecule has 2 N–H and O–H groups in total. The van der Waals surface area contributed by atoms with E-state index in [1.807, 2.05) is 13.0 Å². The van der Waals surface area contributed by atoms with Gasteiger partial charge in [-0.05, 0) is 64.0 Å². The highest BCUT2D eigenvalue weighted by molar-refractivity contribution is 9.10. The monoisotopic (exact) mass is 410 g/mol. The fourth-order valence-corrected chi connectivity index (χ4v) is 4.18. The summed E-state index contributed by atoms with van der Waals surface area (Å²) < 4.78 is 0.676. The minimum Gasteiger partial charge on any atom is -0.342 e. The molecule has 0 saturated heterocycles. The van der Waals surface area contributed by atoms with E-state index in [1.165, 1.54) is 0 Å². The Morgan fingerprint density at radius 3 is 2.40 bits per heavy atom. The number of hydrogen-bond donors (Lipinski definition) is 2. The lowest BCUT2D eigenvalue weighted by atomic mass is 10.0. The van der Waals surface area contributed by atoms with Crippen LogP contribution in [0.5, 0.6) is 0 Å². The maximum Gasteiger partial charge on any atom is 0.214 e. The van der Waals surface area contributed by atoms with Crippen LogP contribution in [0.4, 0.5) is 0 Å². The van der Waals surface area contributed by atoms with E-state index < -0.39 is 6.49 Å². The van der Waals surface area contributed by atoms with Crippen LogP contribution in [0.25, 0.3) is 11.1 Å². The standard InChI is InChI=1S/C13H10BrCl2O2PS/c1-7-3-2-4-12(19(17,18)20)13(7)8-5-11(16)9(14)6-10(8)15/h2-6H,1H3,(H2,17,18,20). The molecule has 2 aromatic carbocycles. The van der Waals surface area contributed by atoms with Gasteiger partial charge in [-0.2, -0.15) is 0 Å². The van der Waals surface area contributed by atoms with Crippen LogP contribution in [0.3, 0.4) is 0 Å². The molecular formula is C13H10BrCl2O2PS. The summed E-state index contributed by atoms with van der Waals surface area (Å²) in [5.74, 6) is 0. The molecule has 0 radical (unpaired) electrons. The lowest BCUT2D eigenvalue weighted by Crippen LogP contribution is -2.09. The Morgan fingerprint density at radius 2 is 1.80 bits per heavy atom. The van der Waals surface area contributed by atoms with Gasteiger partial charge in [-0.1, -0.05) is 35.3 Å². The van der Waals surface area contributed by atoms with Crippen LogP contribution in [0.1, 0.15) is 5.56 Å². The lowest BCUT2D eigenvalue weighted by Gasteiger charge is -2.17. The van der Waals surface area contributed by atoms with E-state index in [2.05, 4.69) is 15.9 Å². The van der Waals surface area contributed by atoms with Crippen LogP contribution in [0, 0.1) is 6.92 Å². The third kappa shape index (κ3) is 3.28. The van der Waals surface area contributed by atoms with Crippen LogP contribution in [-0.2, 0) is 11.8 Å². The van der Waals surface area contributed by atoms with Gasteiger partial charge >= 0.3 is 0 Å². The average molecular weight is 412 g/mol. The lowest BCUT2D eigenvalue weighted by molar-refractivity contribution is 0.493. The van der Waals surface area contributed by atoms with Gasteiger partial charge in [-0.25, -0.2) is 0 Å². The molecule has 7 heteroatoms. The molecule has 2 aromatic rings. The van der Waals surface area contributed by atoms with Gasteiger partial charge < -0.3 is 9.79 Å². The van der Waals surface area contributed by atoms with Gasteiger partial charge in [-0.3, -0.25) is 0 Å². The predicted molar refractivity (Wildman–Crippen MR) is 92.7 cm³/mol. The normalized spacial score (nSPS) is 11.7. The van der Waals surface area contributed by atoms with Crippen LogP contribution < -0.4 is 5.30 Å². The van der Waals surface area contributed by atoms with Crippen molar-refractivity contribution in [3.8, 4) is 11.1 Å². The van der Waals surface area contributed by atoms with E-state index in [9.17, 15) is 9.79 Å². The highest BCUT2D eigenvalue weighted by Gasteiger charge is 2.21. The van der Waals surface area contributed by atoms with E-state index >= 15 is 0 Å². The summed E-state index contributed by atoms with van der Waals surface area (Å²) in [6, 6.07) is 8.56. The number of benzene rings is 2. The molecule has 0 unspecified atom stereocenters. The first kappa shape index (κ1) is 16.4. The highest BCUT2D eigenvalue weighted by atomic mass is 79.9. The molecule has 0 heterocycles. The summed E-state index contributed by atoms with van der Waals surface area (Å²) in [4.78, 5) is 19.7. The SMILES string of the molecule is Cc1cccc(P(O)(O)=S)c1-c1cc(Cl)c(Br)cc1Cl. The molecule has 20 heavy (non-hydrogen) atoms. The van der Waals surface area contributed by atoms with Crippen LogP contribution >= 0.6 is 45.6 Å².